The lowest BCUT2D eigenvalue weighted by Crippen LogP contribution is -2.09. The van der Waals surface area contributed by atoms with Crippen LogP contribution in [0.4, 0.5) is 0 Å². The average molecular weight is 187 g/mol. The number of hydrogen-bond acceptors (Lipinski definition) is 1. The van der Waals surface area contributed by atoms with Crippen LogP contribution in [0.5, 0.6) is 0 Å². The molecule has 1 atom stereocenters. The van der Waals surface area contributed by atoms with Crippen molar-refractivity contribution < 1.29 is 0 Å². The van der Waals surface area contributed by atoms with Crippen molar-refractivity contribution in [1.29, 1.82) is 0 Å². The van der Waals surface area contributed by atoms with Gasteiger partial charge in [0.15, 0.2) is 0 Å². The predicted octanol–water partition coefficient (Wildman–Crippen LogP) is 3.67. The zero-order valence-corrected chi connectivity index (χ0v) is 8.90. The molecule has 0 heterocycles. The Balaban J connectivity index is 2.93. The molecule has 0 aromatic rings. The van der Waals surface area contributed by atoms with Crippen LogP contribution in [0.1, 0.15) is 20.3 Å². The van der Waals surface area contributed by atoms with E-state index >= 15 is 0 Å². The van der Waals surface area contributed by atoms with Crippen LogP contribution in [0.2, 0.25) is 0 Å². The van der Waals surface area contributed by atoms with Crippen LogP contribution in [0, 0.1) is 5.92 Å². The van der Waals surface area contributed by atoms with Gasteiger partial charge in [-0.3, -0.25) is 4.99 Å². The Morgan fingerprint density at radius 1 is 1.64 bits per heavy atom. The van der Waals surface area contributed by atoms with E-state index in [1.807, 2.05) is 25.3 Å². The fraction of sp³-hybridized carbons (Fsp3) is 0.308. The van der Waals surface area contributed by atoms with E-state index in [-0.39, 0.29) is 0 Å². The van der Waals surface area contributed by atoms with Crippen molar-refractivity contribution in [3.63, 3.8) is 0 Å². The summed E-state index contributed by atoms with van der Waals surface area (Å²) in [6.07, 6.45) is 13.0. The van der Waals surface area contributed by atoms with Gasteiger partial charge in [-0.2, -0.15) is 0 Å². The van der Waals surface area contributed by atoms with E-state index in [1.54, 1.807) is 0 Å². The Morgan fingerprint density at radius 3 is 3.00 bits per heavy atom. The summed E-state index contributed by atoms with van der Waals surface area (Å²) in [7, 11) is 0. The Morgan fingerprint density at radius 2 is 2.43 bits per heavy atom. The first kappa shape index (κ1) is 10.7. The van der Waals surface area contributed by atoms with E-state index in [0.717, 1.165) is 12.1 Å². The van der Waals surface area contributed by atoms with Crippen LogP contribution in [0.15, 0.2) is 53.7 Å². The molecule has 0 bridgehead atoms. The van der Waals surface area contributed by atoms with Gasteiger partial charge in [-0.05, 0) is 30.9 Å². The largest absolute Gasteiger partial charge is 0.257 e. The molecule has 0 spiro atoms. The van der Waals surface area contributed by atoms with Gasteiger partial charge in [0, 0.05) is 6.20 Å². The van der Waals surface area contributed by atoms with Crippen LogP contribution >= 0.6 is 0 Å². The average Bonchev–Trinajstić information content (AvgIpc) is 2.21. The molecule has 0 N–H and O–H groups in total. The molecule has 14 heavy (non-hydrogen) atoms. The summed E-state index contributed by atoms with van der Waals surface area (Å²) in [5.41, 5.74) is 2.26. The molecule has 0 aromatic carbocycles. The minimum atomic E-state index is 0.544. The van der Waals surface area contributed by atoms with E-state index in [0.29, 0.717) is 5.92 Å². The molecule has 1 unspecified atom stereocenters. The minimum Gasteiger partial charge on any atom is -0.257 e. The van der Waals surface area contributed by atoms with Crippen molar-refractivity contribution >= 4 is 5.71 Å². The third-order valence-electron chi connectivity index (χ3n) is 2.28. The zero-order chi connectivity index (χ0) is 10.4. The molecule has 1 aliphatic rings. The highest BCUT2D eigenvalue weighted by molar-refractivity contribution is 6.09. The van der Waals surface area contributed by atoms with Crippen molar-refractivity contribution in [3.05, 3.63) is 48.7 Å². The first-order valence-electron chi connectivity index (χ1n) is 4.98. The first-order valence-corrected chi connectivity index (χ1v) is 4.98. The third-order valence-corrected chi connectivity index (χ3v) is 2.28. The fourth-order valence-corrected chi connectivity index (χ4v) is 1.48. The van der Waals surface area contributed by atoms with Gasteiger partial charge in [-0.1, -0.05) is 37.8 Å². The quantitative estimate of drug-likeness (QED) is 0.598. The van der Waals surface area contributed by atoms with Gasteiger partial charge < -0.3 is 0 Å². The number of rotatable bonds is 3. The standard InChI is InChI=1S/C13H17N/c1-4-10-14-13(5-2)12-9-7-6-8-11(12)3/h4-7,9-11H,2,8H2,1,3H3/b10-4-,14-13?. The molecule has 0 saturated carbocycles. The second-order valence-corrected chi connectivity index (χ2v) is 3.39. The molecule has 74 valence electrons. The Labute approximate surface area is 86.2 Å². The van der Waals surface area contributed by atoms with E-state index in [2.05, 4.69) is 36.7 Å². The molecule has 0 aromatic heterocycles. The van der Waals surface area contributed by atoms with Gasteiger partial charge in [0.1, 0.15) is 0 Å². The number of hydrogen-bond donors (Lipinski definition) is 0. The summed E-state index contributed by atoms with van der Waals surface area (Å²) in [5.74, 6) is 0.544. The molecular formula is C13H17N. The van der Waals surface area contributed by atoms with E-state index in [9.17, 15) is 0 Å². The molecular weight excluding hydrogens is 170 g/mol. The summed E-state index contributed by atoms with van der Waals surface area (Å²) >= 11 is 0. The summed E-state index contributed by atoms with van der Waals surface area (Å²) in [5, 5.41) is 0. The summed E-state index contributed by atoms with van der Waals surface area (Å²) in [6, 6.07) is 0. The summed E-state index contributed by atoms with van der Waals surface area (Å²) < 4.78 is 0. The maximum absolute atomic E-state index is 4.35. The number of allylic oxidation sites excluding steroid dienone is 6. The topological polar surface area (TPSA) is 12.4 Å². The Bertz CT molecular complexity index is 316. The maximum atomic E-state index is 4.35. The predicted molar refractivity (Wildman–Crippen MR) is 63.5 cm³/mol. The van der Waals surface area contributed by atoms with Gasteiger partial charge in [0.05, 0.1) is 5.71 Å². The van der Waals surface area contributed by atoms with Crippen LogP contribution in [0.3, 0.4) is 0 Å². The normalized spacial score (nSPS) is 22.6. The van der Waals surface area contributed by atoms with E-state index in [4.69, 9.17) is 0 Å². The summed E-state index contributed by atoms with van der Waals surface area (Å²) in [6.45, 7) is 7.97. The second-order valence-electron chi connectivity index (χ2n) is 3.39. The molecule has 0 fully saturated rings. The second kappa shape index (κ2) is 5.38. The van der Waals surface area contributed by atoms with Gasteiger partial charge >= 0.3 is 0 Å². The van der Waals surface area contributed by atoms with Crippen molar-refractivity contribution in [3.8, 4) is 0 Å². The van der Waals surface area contributed by atoms with Gasteiger partial charge in [-0.15, -0.1) is 0 Å². The molecule has 0 aliphatic heterocycles. The molecule has 0 radical (unpaired) electrons. The smallest absolute Gasteiger partial charge is 0.0658 e. The highest BCUT2D eigenvalue weighted by atomic mass is 14.7. The van der Waals surface area contributed by atoms with Crippen LogP contribution in [-0.4, -0.2) is 5.71 Å². The van der Waals surface area contributed by atoms with Crippen molar-refractivity contribution in [2.75, 3.05) is 0 Å². The van der Waals surface area contributed by atoms with Crippen molar-refractivity contribution in [2.24, 2.45) is 10.9 Å². The fourth-order valence-electron chi connectivity index (χ4n) is 1.48. The van der Waals surface area contributed by atoms with Gasteiger partial charge in [0.2, 0.25) is 0 Å². The summed E-state index contributed by atoms with van der Waals surface area (Å²) in [4.78, 5) is 4.35. The molecule has 1 nitrogen and oxygen atoms in total. The van der Waals surface area contributed by atoms with Crippen molar-refractivity contribution in [2.45, 2.75) is 20.3 Å². The van der Waals surface area contributed by atoms with Crippen LogP contribution < -0.4 is 0 Å². The zero-order valence-electron chi connectivity index (χ0n) is 8.90. The first-order chi connectivity index (χ1) is 6.79. The van der Waals surface area contributed by atoms with Crippen LogP contribution in [0.25, 0.3) is 0 Å². The van der Waals surface area contributed by atoms with E-state index < -0.39 is 0 Å². The molecule has 0 saturated heterocycles. The highest BCUT2D eigenvalue weighted by Crippen LogP contribution is 2.21. The lowest BCUT2D eigenvalue weighted by Gasteiger charge is -2.16. The third kappa shape index (κ3) is 2.56. The highest BCUT2D eigenvalue weighted by Gasteiger charge is 2.12. The lowest BCUT2D eigenvalue weighted by molar-refractivity contribution is 0.714. The molecule has 1 aliphatic carbocycles. The Hall–Kier alpha value is -1.37. The number of aliphatic imine (C=N–C) groups is 1. The minimum absolute atomic E-state index is 0.544. The Kier molecular flexibility index (Phi) is 4.11. The van der Waals surface area contributed by atoms with E-state index in [1.165, 1.54) is 5.57 Å². The monoisotopic (exact) mass is 187 g/mol. The van der Waals surface area contributed by atoms with Gasteiger partial charge in [-0.25, -0.2) is 0 Å². The van der Waals surface area contributed by atoms with Crippen LogP contribution in [-0.2, 0) is 0 Å². The molecule has 0 amide bonds. The molecule has 1 rings (SSSR count). The van der Waals surface area contributed by atoms with Gasteiger partial charge in [0.25, 0.3) is 0 Å². The van der Waals surface area contributed by atoms with Crippen molar-refractivity contribution in [1.82, 2.24) is 0 Å². The number of nitrogens with zero attached hydrogens (tertiary/aromatic N) is 1. The maximum Gasteiger partial charge on any atom is 0.0658 e. The lowest BCUT2D eigenvalue weighted by atomic mass is 9.90. The molecule has 1 heteroatoms. The SMILES string of the molecule is C=CC(=N/C=C\C)C1=CC=CCC1C.